The predicted molar refractivity (Wildman–Crippen MR) is 129 cm³/mol. The van der Waals surface area contributed by atoms with Crippen LogP contribution in [0.4, 0.5) is 35.2 Å². The fraction of sp³-hybridized carbons (Fsp3) is 0.500. The first kappa shape index (κ1) is 26.3. The van der Waals surface area contributed by atoms with Crippen LogP contribution in [0, 0.1) is 10.1 Å². The molecule has 1 N–H and O–H groups in total. The Labute approximate surface area is 211 Å². The summed E-state index contributed by atoms with van der Waals surface area (Å²) in [6.07, 6.45) is -0.775. The number of benzene rings is 1. The van der Waals surface area contributed by atoms with Crippen molar-refractivity contribution in [2.24, 2.45) is 0 Å². The number of methoxy groups -OCH3 is 1. The number of nitro benzene ring substituents is 1. The number of rotatable bonds is 6. The van der Waals surface area contributed by atoms with Gasteiger partial charge in [0.05, 0.1) is 18.1 Å². The molecule has 1 amide bonds. The second-order valence-electron chi connectivity index (χ2n) is 9.02. The molecule has 1 aliphatic heterocycles. The minimum absolute atomic E-state index is 0.0490. The van der Waals surface area contributed by atoms with Gasteiger partial charge in [-0.05, 0) is 43.9 Å². The Balaban J connectivity index is 1.30. The molecule has 1 aromatic carbocycles. The van der Waals surface area contributed by atoms with E-state index in [1.165, 1.54) is 13.2 Å². The summed E-state index contributed by atoms with van der Waals surface area (Å²) in [5.74, 6) is 1.44. The average Bonchev–Trinajstić information content (AvgIpc) is 2.89. The minimum atomic E-state index is -4.82. The van der Waals surface area contributed by atoms with Crippen LogP contribution in [0.1, 0.15) is 31.2 Å². The fourth-order valence-corrected chi connectivity index (χ4v) is 4.66. The van der Waals surface area contributed by atoms with Crippen molar-refractivity contribution in [3.63, 3.8) is 0 Å². The Morgan fingerprint density at radius 3 is 2.43 bits per heavy atom. The van der Waals surface area contributed by atoms with E-state index in [0.717, 1.165) is 18.0 Å². The Morgan fingerprint density at radius 2 is 1.81 bits per heavy atom. The molecule has 2 aromatic rings. The molecule has 0 radical (unpaired) electrons. The third kappa shape index (κ3) is 6.52. The highest BCUT2D eigenvalue weighted by Crippen LogP contribution is 2.38. The van der Waals surface area contributed by atoms with Crippen LogP contribution in [0.5, 0.6) is 5.75 Å². The molecule has 2 heterocycles. The zero-order chi connectivity index (χ0) is 26.6. The number of amides is 1. The van der Waals surface area contributed by atoms with Gasteiger partial charge < -0.3 is 24.6 Å². The zero-order valence-electron chi connectivity index (χ0n) is 20.2. The maximum absolute atomic E-state index is 13.3. The van der Waals surface area contributed by atoms with E-state index in [4.69, 9.17) is 9.47 Å². The van der Waals surface area contributed by atoms with Crippen molar-refractivity contribution in [3.05, 3.63) is 52.2 Å². The quantitative estimate of drug-likeness (QED) is 0.429. The fourth-order valence-electron chi connectivity index (χ4n) is 4.66. The molecule has 4 rings (SSSR count). The Bertz CT molecular complexity index is 1120. The van der Waals surface area contributed by atoms with Gasteiger partial charge in [-0.25, -0.2) is 9.78 Å². The highest BCUT2D eigenvalue weighted by molar-refractivity contribution is 5.67. The molecule has 1 saturated carbocycles. The second-order valence-corrected chi connectivity index (χ2v) is 9.02. The van der Waals surface area contributed by atoms with Crippen LogP contribution in [0.15, 0.2) is 36.5 Å². The number of carbonyl (C=O) groups excluding carboxylic acids is 1. The summed E-state index contributed by atoms with van der Waals surface area (Å²) in [7, 11) is 1.36. The van der Waals surface area contributed by atoms with E-state index < -0.39 is 22.4 Å². The first-order valence-electron chi connectivity index (χ1n) is 12.0. The van der Waals surface area contributed by atoms with Gasteiger partial charge in [-0.2, -0.15) is 13.2 Å². The lowest BCUT2D eigenvalue weighted by atomic mass is 9.92. The van der Waals surface area contributed by atoms with E-state index in [2.05, 4.69) is 15.2 Å². The summed E-state index contributed by atoms with van der Waals surface area (Å²) < 4.78 is 50.7. The number of nitrogens with zero attached hydrogens (tertiary/aromatic N) is 4. The highest BCUT2D eigenvalue weighted by Gasteiger charge is 2.38. The van der Waals surface area contributed by atoms with Gasteiger partial charge in [0.2, 0.25) is 0 Å². The second kappa shape index (κ2) is 11.1. The number of nitro groups is 1. The summed E-state index contributed by atoms with van der Waals surface area (Å²) in [4.78, 5) is 29.8. The van der Waals surface area contributed by atoms with Crippen molar-refractivity contribution in [1.82, 2.24) is 9.88 Å². The first-order valence-corrected chi connectivity index (χ1v) is 12.0. The summed E-state index contributed by atoms with van der Waals surface area (Å²) >= 11 is 0. The predicted octanol–water partition coefficient (Wildman–Crippen LogP) is 4.70. The zero-order valence-corrected chi connectivity index (χ0v) is 20.2. The van der Waals surface area contributed by atoms with Gasteiger partial charge in [-0.3, -0.25) is 10.1 Å². The number of aromatic nitrogens is 1. The van der Waals surface area contributed by atoms with Crippen LogP contribution >= 0.6 is 0 Å². The molecule has 200 valence electrons. The molecule has 0 atom stereocenters. The number of hydrogen-bond donors (Lipinski definition) is 1. The molecule has 13 heteroatoms. The normalized spacial score (nSPS) is 20.3. The van der Waals surface area contributed by atoms with Crippen molar-refractivity contribution in [2.45, 2.75) is 44.0 Å². The van der Waals surface area contributed by atoms with Gasteiger partial charge in [0.1, 0.15) is 17.1 Å². The Morgan fingerprint density at radius 1 is 1.11 bits per heavy atom. The number of nitrogens with one attached hydrogen (secondary N) is 1. The maximum atomic E-state index is 13.3. The van der Waals surface area contributed by atoms with Crippen LogP contribution < -0.4 is 15.0 Å². The van der Waals surface area contributed by atoms with E-state index in [9.17, 15) is 28.1 Å². The van der Waals surface area contributed by atoms with E-state index in [1.54, 1.807) is 17.2 Å². The molecule has 37 heavy (non-hydrogen) atoms. The molecule has 1 saturated heterocycles. The van der Waals surface area contributed by atoms with E-state index >= 15 is 0 Å². The first-order chi connectivity index (χ1) is 17.6. The maximum Gasteiger partial charge on any atom is 0.423 e. The third-order valence-electron chi connectivity index (χ3n) is 6.60. The van der Waals surface area contributed by atoms with Crippen molar-refractivity contribution in [3.8, 4) is 5.75 Å². The van der Waals surface area contributed by atoms with Crippen LogP contribution in [0.25, 0.3) is 0 Å². The van der Waals surface area contributed by atoms with Gasteiger partial charge in [-0.15, -0.1) is 0 Å². The number of pyridine rings is 1. The van der Waals surface area contributed by atoms with E-state index in [0.29, 0.717) is 57.6 Å². The van der Waals surface area contributed by atoms with Crippen LogP contribution in [-0.4, -0.2) is 66.3 Å². The number of halogens is 3. The lowest BCUT2D eigenvalue weighted by Crippen LogP contribution is -2.49. The molecule has 2 aliphatic rings. The summed E-state index contributed by atoms with van der Waals surface area (Å²) in [6.45, 7) is 2.33. The topological polar surface area (TPSA) is 110 Å². The Kier molecular flexibility index (Phi) is 7.89. The molecule has 0 bridgehead atoms. The lowest BCUT2D eigenvalue weighted by molar-refractivity contribution is -0.388. The monoisotopic (exact) mass is 523 g/mol. The SMILES string of the molecule is COC(=O)N1CCN(c2cc(OC3CCC(Nc4ccc([N+](=O)[O-])c(C(F)(F)F)c4)CC3)ccn2)CC1. The van der Waals surface area contributed by atoms with Gasteiger partial charge in [-0.1, -0.05) is 0 Å². The van der Waals surface area contributed by atoms with Gasteiger partial charge in [0, 0.05) is 56.2 Å². The summed E-state index contributed by atoms with van der Waals surface area (Å²) in [6, 6.07) is 6.57. The minimum Gasteiger partial charge on any atom is -0.490 e. The largest absolute Gasteiger partial charge is 0.490 e. The number of carbonyl (C=O) groups is 1. The van der Waals surface area contributed by atoms with Crippen LogP contribution in [-0.2, 0) is 10.9 Å². The molecule has 0 spiro atoms. The number of hydrogen-bond acceptors (Lipinski definition) is 8. The smallest absolute Gasteiger partial charge is 0.423 e. The highest BCUT2D eigenvalue weighted by atomic mass is 19.4. The number of alkyl halides is 3. The number of anilines is 2. The molecule has 1 aromatic heterocycles. The van der Waals surface area contributed by atoms with Gasteiger partial charge >= 0.3 is 12.3 Å². The lowest BCUT2D eigenvalue weighted by Gasteiger charge is -2.34. The average molecular weight is 524 g/mol. The Hall–Kier alpha value is -3.77. The van der Waals surface area contributed by atoms with Crippen molar-refractivity contribution >= 4 is 23.3 Å². The molecular formula is C24H28F3N5O5. The molecule has 0 unspecified atom stereocenters. The molecule has 1 aliphatic carbocycles. The summed E-state index contributed by atoms with van der Waals surface area (Å²) in [5, 5.41) is 14.0. The number of piperazine rings is 1. The van der Waals surface area contributed by atoms with Gasteiger partial charge in [0.25, 0.3) is 5.69 Å². The van der Waals surface area contributed by atoms with Crippen molar-refractivity contribution in [2.75, 3.05) is 43.5 Å². The third-order valence-corrected chi connectivity index (χ3v) is 6.60. The van der Waals surface area contributed by atoms with Crippen LogP contribution in [0.2, 0.25) is 0 Å². The van der Waals surface area contributed by atoms with Crippen LogP contribution in [0.3, 0.4) is 0 Å². The van der Waals surface area contributed by atoms with E-state index in [1.807, 2.05) is 6.07 Å². The standard InChI is InChI=1S/C24H28F3N5O5/c1-36-23(33)31-12-10-30(11-13-31)22-15-19(8-9-28-22)37-18-5-2-16(3-6-18)29-17-4-7-21(32(34)35)20(14-17)24(25,26)27/h4,7-9,14-16,18,29H,2-3,5-6,10-13H2,1H3. The molecule has 2 fully saturated rings. The number of ether oxygens (including phenoxy) is 2. The van der Waals surface area contributed by atoms with E-state index in [-0.39, 0.29) is 23.9 Å². The summed E-state index contributed by atoms with van der Waals surface area (Å²) in [5.41, 5.74) is -2.02. The molecule has 10 nitrogen and oxygen atoms in total. The molecular weight excluding hydrogens is 495 g/mol. The van der Waals surface area contributed by atoms with Crippen molar-refractivity contribution < 1.29 is 32.4 Å². The van der Waals surface area contributed by atoms with Gasteiger partial charge in [0.15, 0.2) is 0 Å². The van der Waals surface area contributed by atoms with Crippen molar-refractivity contribution in [1.29, 1.82) is 0 Å².